The summed E-state index contributed by atoms with van der Waals surface area (Å²) in [5.74, 6) is 1.57. The molecule has 0 bridgehead atoms. The maximum atomic E-state index is 12.8. The number of benzene rings is 2. The van der Waals surface area contributed by atoms with E-state index < -0.39 is 11.7 Å². The molecule has 1 aromatic heterocycles. The zero-order valence-corrected chi connectivity index (χ0v) is 12.4. The number of ether oxygens (including phenoxy) is 2. The molecule has 3 aromatic rings. The molecule has 0 spiro atoms. The number of H-pyrrole nitrogens is 1. The first-order valence-electron chi connectivity index (χ1n) is 6.71. The number of methoxy groups -OCH3 is 2. The van der Waals surface area contributed by atoms with Gasteiger partial charge in [-0.3, -0.25) is 0 Å². The minimum atomic E-state index is -4.39. The van der Waals surface area contributed by atoms with Crippen molar-refractivity contribution in [1.82, 2.24) is 9.97 Å². The highest BCUT2D eigenvalue weighted by Gasteiger charge is 2.30. The molecule has 2 aromatic carbocycles. The van der Waals surface area contributed by atoms with Gasteiger partial charge in [0.25, 0.3) is 0 Å². The molecule has 0 amide bonds. The normalized spacial score (nSPS) is 11.7. The van der Waals surface area contributed by atoms with Crippen LogP contribution in [-0.4, -0.2) is 24.2 Å². The van der Waals surface area contributed by atoms with Crippen LogP contribution in [-0.2, 0) is 6.18 Å². The molecule has 0 aliphatic carbocycles. The third-order valence-electron chi connectivity index (χ3n) is 3.43. The van der Waals surface area contributed by atoms with Gasteiger partial charge in [0.15, 0.2) is 0 Å². The topological polar surface area (TPSA) is 47.1 Å². The molecule has 1 heterocycles. The smallest absolute Gasteiger partial charge is 0.416 e. The van der Waals surface area contributed by atoms with Crippen molar-refractivity contribution in [3.8, 4) is 22.9 Å². The van der Waals surface area contributed by atoms with E-state index in [0.29, 0.717) is 33.9 Å². The summed E-state index contributed by atoms with van der Waals surface area (Å²) < 4.78 is 48.7. The number of aromatic amines is 1. The van der Waals surface area contributed by atoms with Crippen molar-refractivity contribution in [2.75, 3.05) is 14.2 Å². The number of rotatable bonds is 3. The number of fused-ring (bicyclic) bond motifs is 1. The lowest BCUT2D eigenvalue weighted by Gasteiger charge is -2.06. The third-order valence-corrected chi connectivity index (χ3v) is 3.43. The second kappa shape index (κ2) is 5.49. The number of alkyl halides is 3. The van der Waals surface area contributed by atoms with Crippen molar-refractivity contribution >= 4 is 11.0 Å². The van der Waals surface area contributed by atoms with Crippen molar-refractivity contribution in [2.24, 2.45) is 0 Å². The number of halogens is 3. The van der Waals surface area contributed by atoms with E-state index in [4.69, 9.17) is 9.47 Å². The van der Waals surface area contributed by atoms with Crippen LogP contribution in [0.4, 0.5) is 13.2 Å². The summed E-state index contributed by atoms with van der Waals surface area (Å²) in [5.41, 5.74) is 0.709. The van der Waals surface area contributed by atoms with Crippen LogP contribution >= 0.6 is 0 Å². The number of aromatic nitrogens is 2. The first kappa shape index (κ1) is 15.2. The zero-order valence-electron chi connectivity index (χ0n) is 12.4. The molecule has 0 saturated heterocycles. The van der Waals surface area contributed by atoms with Gasteiger partial charge in [-0.1, -0.05) is 0 Å². The molecular formula is C16H13F3N2O2. The van der Waals surface area contributed by atoms with Crippen LogP contribution in [0.25, 0.3) is 22.4 Å². The highest BCUT2D eigenvalue weighted by molar-refractivity contribution is 5.80. The van der Waals surface area contributed by atoms with Crippen LogP contribution in [0.15, 0.2) is 36.4 Å². The maximum Gasteiger partial charge on any atom is 0.416 e. The molecule has 4 nitrogen and oxygen atoms in total. The van der Waals surface area contributed by atoms with E-state index in [1.54, 1.807) is 18.2 Å². The SMILES string of the molecule is COc1cc(OC)cc(-c2nc3ccc(C(F)(F)F)cc3[nH]2)c1. The molecular weight excluding hydrogens is 309 g/mol. The van der Waals surface area contributed by atoms with E-state index in [0.717, 1.165) is 12.1 Å². The largest absolute Gasteiger partial charge is 0.497 e. The van der Waals surface area contributed by atoms with Crippen molar-refractivity contribution in [1.29, 1.82) is 0 Å². The molecule has 3 rings (SSSR count). The lowest BCUT2D eigenvalue weighted by Crippen LogP contribution is -2.04. The molecule has 23 heavy (non-hydrogen) atoms. The third kappa shape index (κ3) is 2.94. The quantitative estimate of drug-likeness (QED) is 0.783. The number of hydrogen-bond acceptors (Lipinski definition) is 3. The highest BCUT2D eigenvalue weighted by Crippen LogP contribution is 2.33. The Morgan fingerprint density at radius 3 is 2.17 bits per heavy atom. The van der Waals surface area contributed by atoms with Crippen molar-refractivity contribution < 1.29 is 22.6 Å². The van der Waals surface area contributed by atoms with Gasteiger partial charge in [0.1, 0.15) is 17.3 Å². The molecule has 0 atom stereocenters. The lowest BCUT2D eigenvalue weighted by atomic mass is 10.2. The van der Waals surface area contributed by atoms with Gasteiger partial charge in [-0.2, -0.15) is 13.2 Å². The monoisotopic (exact) mass is 322 g/mol. The van der Waals surface area contributed by atoms with Gasteiger partial charge in [0, 0.05) is 11.6 Å². The van der Waals surface area contributed by atoms with Gasteiger partial charge >= 0.3 is 6.18 Å². The van der Waals surface area contributed by atoms with Crippen LogP contribution in [0.5, 0.6) is 11.5 Å². The minimum Gasteiger partial charge on any atom is -0.497 e. The second-order valence-corrected chi connectivity index (χ2v) is 4.92. The Labute approximate surface area is 129 Å². The first-order chi connectivity index (χ1) is 10.9. The van der Waals surface area contributed by atoms with Gasteiger partial charge in [-0.15, -0.1) is 0 Å². The van der Waals surface area contributed by atoms with Gasteiger partial charge in [0.05, 0.1) is 30.8 Å². The Morgan fingerprint density at radius 2 is 1.61 bits per heavy atom. The Bertz CT molecular complexity index is 834. The van der Waals surface area contributed by atoms with E-state index in [2.05, 4.69) is 9.97 Å². The molecule has 0 fully saturated rings. The molecule has 0 aliphatic rings. The minimum absolute atomic E-state index is 0.316. The lowest BCUT2D eigenvalue weighted by molar-refractivity contribution is -0.137. The zero-order chi connectivity index (χ0) is 16.6. The second-order valence-electron chi connectivity index (χ2n) is 4.92. The van der Waals surface area contributed by atoms with Gasteiger partial charge < -0.3 is 14.5 Å². The van der Waals surface area contributed by atoms with Crippen LogP contribution < -0.4 is 9.47 Å². The van der Waals surface area contributed by atoms with Crippen LogP contribution in [0.2, 0.25) is 0 Å². The molecule has 0 unspecified atom stereocenters. The molecule has 120 valence electrons. The Balaban J connectivity index is 2.10. The van der Waals surface area contributed by atoms with E-state index in [1.165, 1.54) is 20.3 Å². The van der Waals surface area contributed by atoms with Crippen LogP contribution in [0, 0.1) is 0 Å². The summed E-state index contributed by atoms with van der Waals surface area (Å²) in [6, 6.07) is 8.56. The van der Waals surface area contributed by atoms with E-state index in [-0.39, 0.29) is 0 Å². The standard InChI is InChI=1S/C16H13F3N2O2/c1-22-11-5-9(6-12(8-11)23-2)15-20-13-4-3-10(16(17,18)19)7-14(13)21-15/h3-8H,1-2H3,(H,20,21). The predicted octanol–water partition coefficient (Wildman–Crippen LogP) is 4.27. The van der Waals surface area contributed by atoms with Crippen molar-refractivity contribution in [2.45, 2.75) is 6.18 Å². The van der Waals surface area contributed by atoms with Gasteiger partial charge in [-0.25, -0.2) is 4.98 Å². The summed E-state index contributed by atoms with van der Waals surface area (Å²) in [6.07, 6.45) is -4.39. The van der Waals surface area contributed by atoms with Crippen molar-refractivity contribution in [3.05, 3.63) is 42.0 Å². The Morgan fingerprint density at radius 1 is 0.957 bits per heavy atom. The Hall–Kier alpha value is -2.70. The van der Waals surface area contributed by atoms with Gasteiger partial charge in [0.2, 0.25) is 0 Å². The molecule has 0 radical (unpaired) electrons. The number of nitrogens with zero attached hydrogens (tertiary/aromatic N) is 1. The maximum absolute atomic E-state index is 12.8. The molecule has 1 N–H and O–H groups in total. The van der Waals surface area contributed by atoms with Crippen LogP contribution in [0.1, 0.15) is 5.56 Å². The molecule has 0 saturated carbocycles. The molecule has 0 aliphatic heterocycles. The summed E-state index contributed by atoms with van der Waals surface area (Å²) in [7, 11) is 3.04. The first-order valence-corrected chi connectivity index (χ1v) is 6.71. The fraction of sp³-hybridized carbons (Fsp3) is 0.188. The highest BCUT2D eigenvalue weighted by atomic mass is 19.4. The number of imidazole rings is 1. The summed E-state index contributed by atoms with van der Waals surface area (Å²) >= 11 is 0. The number of nitrogens with one attached hydrogen (secondary N) is 1. The average molecular weight is 322 g/mol. The fourth-order valence-electron chi connectivity index (χ4n) is 2.27. The van der Waals surface area contributed by atoms with Gasteiger partial charge in [-0.05, 0) is 30.3 Å². The number of hydrogen-bond donors (Lipinski definition) is 1. The summed E-state index contributed by atoms with van der Waals surface area (Å²) in [6.45, 7) is 0. The van der Waals surface area contributed by atoms with E-state index >= 15 is 0 Å². The fourth-order valence-corrected chi connectivity index (χ4v) is 2.27. The van der Waals surface area contributed by atoms with Crippen LogP contribution in [0.3, 0.4) is 0 Å². The Kier molecular flexibility index (Phi) is 3.63. The summed E-state index contributed by atoms with van der Waals surface area (Å²) in [4.78, 5) is 7.23. The predicted molar refractivity (Wildman–Crippen MR) is 79.6 cm³/mol. The molecule has 7 heteroatoms. The summed E-state index contributed by atoms with van der Waals surface area (Å²) in [5, 5.41) is 0. The van der Waals surface area contributed by atoms with E-state index in [9.17, 15) is 13.2 Å². The average Bonchev–Trinajstić information content (AvgIpc) is 2.96. The van der Waals surface area contributed by atoms with Crippen molar-refractivity contribution in [3.63, 3.8) is 0 Å². The van der Waals surface area contributed by atoms with E-state index in [1.807, 2.05) is 0 Å².